The lowest BCUT2D eigenvalue weighted by molar-refractivity contribution is -0.122. The van der Waals surface area contributed by atoms with Gasteiger partial charge in [-0.05, 0) is 231 Å². The van der Waals surface area contributed by atoms with Gasteiger partial charge in [-0.25, -0.2) is 0 Å². The van der Waals surface area contributed by atoms with Gasteiger partial charge in [-0.2, -0.15) is 0 Å². The van der Waals surface area contributed by atoms with Crippen molar-refractivity contribution in [1.82, 2.24) is 9.80 Å². The van der Waals surface area contributed by atoms with Crippen molar-refractivity contribution in [3.63, 3.8) is 0 Å². The summed E-state index contributed by atoms with van der Waals surface area (Å²) in [6, 6.07) is 35.8. The molecule has 12 heterocycles. The lowest BCUT2D eigenvalue weighted by Gasteiger charge is -2.16. The minimum atomic E-state index is 0.0381. The predicted molar refractivity (Wildman–Crippen MR) is 639 cm³/mol. The number of unbranched alkanes of at least 4 members (excludes halogenated alkanes) is 36. The SMILES string of the molecule is CCCCCCCCc1cc(/C=C2\SC(=S)N(CC)C2=O)sc1-c1ccc(-c2sc(-c3cc4c(Cc5ccc(CC(CCCCCC)CCCCCCCC)s5)c5sc(-c6cc(CCCCCCCC)c(-c7ccc(-c8sc(/C=C9\SC(=S)N(CC)C9=O)cc8CCCCCCCC)s7)s6)cc5c(Cc5ccc(CC(CCCCCC)CCCCCCCC)s5)c4s3)cc2CCCCCCCC)s1. The van der Waals surface area contributed by atoms with Crippen LogP contribution in [-0.2, 0) is 61.0 Å². The maximum atomic E-state index is 13.8. The van der Waals surface area contributed by atoms with Crippen LogP contribution >= 0.6 is 161 Å². The van der Waals surface area contributed by atoms with Gasteiger partial charge < -0.3 is 0 Å². The Labute approximate surface area is 894 Å². The Hall–Kier alpha value is -3.96. The first-order valence-corrected chi connectivity index (χ1v) is 65.7. The molecular formula is C120H164N2O2S14. The third-order valence-electron chi connectivity index (χ3n) is 28.6. The molecule has 11 aromatic rings. The standard InChI is InChI=1S/C120H164N2O2S14/c1-11-21-29-37-43-51-59-85(57-49-35-27-17-7)73-91-65-67-93(127-91)79-97-99-83-107(105-77-89(63-55-47-41-33-25-15-5)113(133-105)103-71-69-101(131-103)111-87(61-53-45-39-31-23-13-3)75-95(129-111)81-109-117(123)121(19-9)119(125)137-109)136-116(99)98(80-94-68-66-92(128-94)74-86(58-50-36-28-18-8)60-52-44-38-30-22-12-2)100-84-108(135-115(97)100)106-78-90(64-56-48-42-34-26-16-6)114(134-106)104-72-70-102(132-104)112-88(62-54-46-40-32-24-14-4)76-96(130-112)82-110-118(124)122(20-10)120(126)138-110/h65-72,75-78,81-86H,11-64,73-74,79-80H2,1-10H3/b109-81-,110-82-. The average Bonchev–Trinajstić information content (AvgIpc) is 1.57. The zero-order valence-corrected chi connectivity index (χ0v) is 97.3. The minimum Gasteiger partial charge on any atom is -0.293 e. The molecule has 138 heavy (non-hydrogen) atoms. The number of carbonyl (C=O) groups is 2. The second-order valence-electron chi connectivity index (χ2n) is 39.9. The van der Waals surface area contributed by atoms with Gasteiger partial charge in [-0.3, -0.25) is 19.4 Å². The molecule has 2 amide bonds. The quantitative estimate of drug-likeness (QED) is 0.0215. The number of aryl methyl sites for hydroxylation is 4. The van der Waals surface area contributed by atoms with Crippen LogP contribution in [0.5, 0.6) is 0 Å². The number of rotatable bonds is 70. The van der Waals surface area contributed by atoms with E-state index in [1.807, 2.05) is 59.2 Å². The number of nitrogens with zero attached hydrogens (tertiary/aromatic N) is 2. The number of carbonyl (C=O) groups excluding carboxylic acids is 2. The van der Waals surface area contributed by atoms with Gasteiger partial charge in [0, 0.05) is 123 Å². The fourth-order valence-electron chi connectivity index (χ4n) is 20.6. The molecule has 0 aliphatic carbocycles. The summed E-state index contributed by atoms with van der Waals surface area (Å²) < 4.78 is 4.31. The number of benzene rings is 1. The molecule has 0 spiro atoms. The van der Waals surface area contributed by atoms with E-state index < -0.39 is 0 Å². The van der Waals surface area contributed by atoms with Crippen LogP contribution in [0.1, 0.15) is 440 Å². The van der Waals surface area contributed by atoms with Crippen molar-refractivity contribution in [3.05, 3.63) is 157 Å². The molecule has 2 aliphatic heterocycles. The molecule has 18 heteroatoms. The molecule has 2 fully saturated rings. The summed E-state index contributed by atoms with van der Waals surface area (Å²) in [5.74, 6) is 1.54. The van der Waals surface area contributed by atoms with Crippen molar-refractivity contribution >= 4 is 214 Å². The average molecular weight is 2120 g/mol. The van der Waals surface area contributed by atoms with E-state index in [0.29, 0.717) is 21.7 Å². The van der Waals surface area contributed by atoms with Crippen molar-refractivity contribution in [3.8, 4) is 58.5 Å². The third kappa shape index (κ3) is 32.5. The van der Waals surface area contributed by atoms with Crippen molar-refractivity contribution < 1.29 is 9.59 Å². The Balaban J connectivity index is 0.956. The molecular weight excluding hydrogens is 1950 g/mol. The second-order valence-corrected chi connectivity index (χ2v) is 54.3. The summed E-state index contributed by atoms with van der Waals surface area (Å²) in [7, 11) is 0. The van der Waals surface area contributed by atoms with Crippen LogP contribution in [0.25, 0.3) is 90.9 Å². The fourth-order valence-corrected chi connectivity index (χ4v) is 35.7. The highest BCUT2D eigenvalue weighted by Gasteiger charge is 2.34. The van der Waals surface area contributed by atoms with Gasteiger partial charge in [0.25, 0.3) is 11.8 Å². The number of likely N-dealkylation sites (N-methyl/N-ethyl adjacent to an activating group) is 2. The summed E-state index contributed by atoms with van der Waals surface area (Å²) in [5, 5.41) is 2.94. The lowest BCUT2D eigenvalue weighted by atomic mass is 9.91. The van der Waals surface area contributed by atoms with E-state index in [2.05, 4.69) is 220 Å². The Bertz CT molecular complexity index is 5210. The summed E-state index contributed by atoms with van der Waals surface area (Å²) in [5.41, 5.74) is 8.91. The molecule has 0 N–H and O–H groups in total. The van der Waals surface area contributed by atoms with Crippen molar-refractivity contribution in [2.45, 2.75) is 429 Å². The number of amides is 2. The fraction of sp³-hybridized carbons (Fsp3) is 0.583. The molecule has 2 saturated heterocycles. The molecule has 2 aliphatic rings. The van der Waals surface area contributed by atoms with Gasteiger partial charge in [0.1, 0.15) is 8.64 Å². The van der Waals surface area contributed by atoms with Gasteiger partial charge in [0.15, 0.2) is 0 Å². The van der Waals surface area contributed by atoms with E-state index in [0.717, 1.165) is 69.9 Å². The van der Waals surface area contributed by atoms with Crippen LogP contribution in [0, 0.1) is 11.8 Å². The highest BCUT2D eigenvalue weighted by atomic mass is 32.2. The largest absolute Gasteiger partial charge is 0.293 e. The van der Waals surface area contributed by atoms with E-state index >= 15 is 0 Å². The molecule has 4 nitrogen and oxygen atoms in total. The number of fused-ring (bicyclic) bond motifs is 2. The van der Waals surface area contributed by atoms with Crippen molar-refractivity contribution in [1.29, 1.82) is 0 Å². The van der Waals surface area contributed by atoms with E-state index in [9.17, 15) is 9.59 Å². The van der Waals surface area contributed by atoms with Crippen LogP contribution in [-0.4, -0.2) is 43.3 Å². The van der Waals surface area contributed by atoms with E-state index in [4.69, 9.17) is 24.4 Å². The number of thiocarbonyl (C=S) groups is 2. The van der Waals surface area contributed by atoms with Gasteiger partial charge in [-0.1, -0.05) is 386 Å². The number of thiophene rings is 10. The summed E-state index contributed by atoms with van der Waals surface area (Å²) in [4.78, 5) is 57.8. The first-order chi connectivity index (χ1) is 67.7. The molecule has 13 rings (SSSR count). The molecule has 0 radical (unpaired) electrons. The zero-order chi connectivity index (χ0) is 96.8. The lowest BCUT2D eigenvalue weighted by Crippen LogP contribution is -2.27. The van der Waals surface area contributed by atoms with Gasteiger partial charge in [0.2, 0.25) is 0 Å². The summed E-state index contributed by atoms with van der Waals surface area (Å²) in [6.45, 7) is 24.0. The monoisotopic (exact) mass is 2110 g/mol. The molecule has 2 unspecified atom stereocenters. The van der Waals surface area contributed by atoms with Crippen LogP contribution in [0.3, 0.4) is 0 Å². The molecule has 750 valence electrons. The normalized spacial score (nSPS) is 14.3. The smallest absolute Gasteiger partial charge is 0.266 e. The van der Waals surface area contributed by atoms with Crippen LogP contribution in [0.15, 0.2) is 94.7 Å². The predicted octanol–water partition coefficient (Wildman–Crippen LogP) is 43.6. The first kappa shape index (κ1) is 111. The highest BCUT2D eigenvalue weighted by Crippen LogP contribution is 2.55. The molecule has 0 bridgehead atoms. The number of hydrogen-bond donors (Lipinski definition) is 0. The molecule has 2 atom stereocenters. The Kier molecular flexibility index (Phi) is 48.6. The van der Waals surface area contributed by atoms with E-state index in [1.54, 1.807) is 19.6 Å². The van der Waals surface area contributed by atoms with E-state index in [-0.39, 0.29) is 11.8 Å². The number of hydrogen-bond acceptors (Lipinski definition) is 16. The van der Waals surface area contributed by atoms with Gasteiger partial charge in [-0.15, -0.1) is 113 Å². The maximum Gasteiger partial charge on any atom is 0.266 e. The van der Waals surface area contributed by atoms with Crippen LogP contribution in [0.2, 0.25) is 0 Å². The molecule has 10 aromatic heterocycles. The Morgan fingerprint density at radius 2 is 0.543 bits per heavy atom. The first-order valence-electron chi connectivity index (χ1n) is 55.1. The van der Waals surface area contributed by atoms with Crippen molar-refractivity contribution in [2.24, 2.45) is 11.8 Å². The molecule has 1 aromatic carbocycles. The van der Waals surface area contributed by atoms with Gasteiger partial charge >= 0.3 is 0 Å². The molecule has 0 saturated carbocycles. The topological polar surface area (TPSA) is 40.6 Å². The van der Waals surface area contributed by atoms with Crippen molar-refractivity contribution in [2.75, 3.05) is 13.1 Å². The van der Waals surface area contributed by atoms with Gasteiger partial charge in [0.05, 0.1) is 9.81 Å². The maximum absolute atomic E-state index is 13.8. The second kappa shape index (κ2) is 60.4. The Morgan fingerprint density at radius 3 is 0.848 bits per heavy atom. The summed E-state index contributed by atoms with van der Waals surface area (Å²) >= 11 is 34.9. The highest BCUT2D eigenvalue weighted by molar-refractivity contribution is 8.27. The van der Waals surface area contributed by atoms with Crippen LogP contribution < -0.4 is 0 Å². The zero-order valence-electron chi connectivity index (χ0n) is 85.8. The minimum absolute atomic E-state index is 0.0381. The Morgan fingerprint density at radius 1 is 0.275 bits per heavy atom. The van der Waals surface area contributed by atoms with Crippen LogP contribution in [0.4, 0.5) is 0 Å². The summed E-state index contributed by atoms with van der Waals surface area (Å²) in [6.07, 6.45) is 75.6. The van der Waals surface area contributed by atoms with E-state index in [1.165, 1.54) is 466 Å². The third-order valence-corrected chi connectivity index (χ3v) is 43.9. The number of thioether (sulfide) groups is 2.